The molecule has 21 heteroatoms. The lowest BCUT2D eigenvalue weighted by atomic mass is 9.80. The highest BCUT2D eigenvalue weighted by molar-refractivity contribution is 5.91. The van der Waals surface area contributed by atoms with Gasteiger partial charge in [0.1, 0.15) is 11.5 Å². The molecule has 0 unspecified atom stereocenters. The zero-order chi connectivity index (χ0) is 39.7. The van der Waals surface area contributed by atoms with Crippen molar-refractivity contribution in [1.29, 1.82) is 0 Å². The van der Waals surface area contributed by atoms with Gasteiger partial charge in [-0.25, -0.2) is 14.8 Å². The van der Waals surface area contributed by atoms with Crippen molar-refractivity contribution >= 4 is 17.7 Å². The molecule has 2 atom stereocenters. The highest BCUT2D eigenvalue weighted by Gasteiger charge is 2.48. The number of anilines is 1. The van der Waals surface area contributed by atoms with Crippen molar-refractivity contribution in [2.45, 2.75) is 75.3 Å². The third-order valence-corrected chi connectivity index (χ3v) is 8.10. The lowest BCUT2D eigenvalue weighted by Crippen LogP contribution is -2.62. The van der Waals surface area contributed by atoms with Crippen molar-refractivity contribution in [3.63, 3.8) is 0 Å². The van der Waals surface area contributed by atoms with Crippen molar-refractivity contribution in [2.75, 3.05) is 18.1 Å². The Labute approximate surface area is 291 Å². The number of fused-ring (bicyclic) bond motifs is 1. The number of carbonyl (C=O) groups excluding carboxylic acids is 1. The van der Waals surface area contributed by atoms with Crippen LogP contribution in [0.5, 0.6) is 5.75 Å². The largest absolute Gasteiger partial charge is 0.490 e. The van der Waals surface area contributed by atoms with E-state index in [9.17, 15) is 62.3 Å². The fourth-order valence-electron chi connectivity index (χ4n) is 5.59. The lowest BCUT2D eigenvalue weighted by Gasteiger charge is -2.46. The molecule has 0 bridgehead atoms. The molecule has 0 aliphatic carbocycles. The maximum absolute atomic E-state index is 13.9. The molecule has 0 fully saturated rings. The fraction of sp³-hybridized carbons (Fsp3) is 0.438. The Morgan fingerprint density at radius 3 is 2.06 bits per heavy atom. The first-order chi connectivity index (χ1) is 24.3. The van der Waals surface area contributed by atoms with Gasteiger partial charge in [-0.3, -0.25) is 9.69 Å². The number of carboxylic acids is 1. The van der Waals surface area contributed by atoms with Gasteiger partial charge in [-0.2, -0.15) is 52.7 Å². The second kappa shape index (κ2) is 14.9. The second-order valence-electron chi connectivity index (χ2n) is 12.0. The predicted molar refractivity (Wildman–Crippen MR) is 159 cm³/mol. The zero-order valence-electron chi connectivity index (χ0n) is 27.1. The van der Waals surface area contributed by atoms with E-state index in [2.05, 4.69) is 14.7 Å². The number of benzene rings is 2. The van der Waals surface area contributed by atoms with Gasteiger partial charge in [-0.1, -0.05) is 6.92 Å². The SMILES string of the molecule is CC[C@]1(N)C[C@H](c2ncc(OCCCC(=O)O)c(Cc3cc(C(F)(F)F)cc(C(F)(F)F)c3)n2)c2cc(C(F)(F)F)ccc2N1C(=O)OCC(F)(F)F. The molecular formula is C32H28F12N4O5. The van der Waals surface area contributed by atoms with Crippen LogP contribution in [0, 0.1) is 0 Å². The van der Waals surface area contributed by atoms with E-state index in [1.807, 2.05) is 0 Å². The highest BCUT2D eigenvalue weighted by Crippen LogP contribution is 2.48. The van der Waals surface area contributed by atoms with Gasteiger partial charge in [0.2, 0.25) is 0 Å². The standard InChI is InChI=1S/C32H28F12N4O5/c1-2-28(45)13-21(20-12-17(30(36,37)38)5-6-23(20)48(28)27(51)53-15-29(33,34)35)26-46-14-24(52-7-3-4-25(49)50)22(47-26)10-16-8-18(31(39,40)41)11-19(9-16)32(42,43)44/h5-6,8-9,11-12,14,21H,2-4,7,10,13,15,45H2,1H3,(H,49,50)/t21-,28+/m0/s1. The summed E-state index contributed by atoms with van der Waals surface area (Å²) in [6.07, 6.45) is -23.2. The van der Waals surface area contributed by atoms with Crippen LogP contribution in [0.1, 0.15) is 77.9 Å². The van der Waals surface area contributed by atoms with Crippen LogP contribution in [-0.4, -0.2) is 52.2 Å². The summed E-state index contributed by atoms with van der Waals surface area (Å²) >= 11 is 0. The van der Waals surface area contributed by atoms with E-state index in [0.717, 1.165) is 12.3 Å². The fourth-order valence-corrected chi connectivity index (χ4v) is 5.59. The van der Waals surface area contributed by atoms with Gasteiger partial charge in [0, 0.05) is 18.8 Å². The topological polar surface area (TPSA) is 128 Å². The minimum atomic E-state index is -5.22. The lowest BCUT2D eigenvalue weighted by molar-refractivity contribution is -0.160. The van der Waals surface area contributed by atoms with E-state index in [1.165, 1.54) is 6.92 Å². The van der Waals surface area contributed by atoms with Gasteiger partial charge in [0.15, 0.2) is 12.4 Å². The molecular weight excluding hydrogens is 748 g/mol. The number of halogens is 12. The molecule has 0 spiro atoms. The number of carboxylic acid groups (broad SMARTS) is 1. The van der Waals surface area contributed by atoms with Gasteiger partial charge in [0.25, 0.3) is 0 Å². The normalized spacial score (nSPS) is 18.1. The third-order valence-electron chi connectivity index (χ3n) is 8.10. The molecule has 2 aromatic carbocycles. The molecule has 4 rings (SSSR count). The van der Waals surface area contributed by atoms with Crippen LogP contribution in [0.15, 0.2) is 42.6 Å². The van der Waals surface area contributed by atoms with Crippen LogP contribution < -0.4 is 15.4 Å². The maximum Gasteiger partial charge on any atom is 0.422 e. The number of nitrogens with two attached hydrogens (primary N) is 1. The summed E-state index contributed by atoms with van der Waals surface area (Å²) in [5.74, 6) is -3.34. The van der Waals surface area contributed by atoms with E-state index in [-0.39, 0.29) is 42.5 Å². The average Bonchev–Trinajstić information content (AvgIpc) is 3.03. The number of aromatic nitrogens is 2. The molecule has 1 aliphatic heterocycles. The van der Waals surface area contributed by atoms with E-state index >= 15 is 0 Å². The first-order valence-corrected chi connectivity index (χ1v) is 15.3. The minimum Gasteiger partial charge on any atom is -0.490 e. The van der Waals surface area contributed by atoms with Crippen molar-refractivity contribution in [2.24, 2.45) is 5.73 Å². The van der Waals surface area contributed by atoms with Gasteiger partial charge >= 0.3 is 36.8 Å². The molecule has 3 N–H and O–H groups in total. The van der Waals surface area contributed by atoms with Gasteiger partial charge in [-0.15, -0.1) is 0 Å². The van der Waals surface area contributed by atoms with Crippen molar-refractivity contribution in [3.05, 3.63) is 81.9 Å². The van der Waals surface area contributed by atoms with Crippen LogP contribution in [0.25, 0.3) is 0 Å². The van der Waals surface area contributed by atoms with Crippen molar-refractivity contribution in [3.8, 4) is 5.75 Å². The number of ether oxygens (including phenoxy) is 2. The molecule has 9 nitrogen and oxygen atoms in total. The Balaban J connectivity index is 1.90. The molecule has 290 valence electrons. The van der Waals surface area contributed by atoms with E-state index in [0.29, 0.717) is 29.2 Å². The van der Waals surface area contributed by atoms with Gasteiger partial charge in [0.05, 0.1) is 40.9 Å². The summed E-state index contributed by atoms with van der Waals surface area (Å²) in [5.41, 5.74) is -1.78. The first-order valence-electron chi connectivity index (χ1n) is 15.3. The summed E-state index contributed by atoms with van der Waals surface area (Å²) in [7, 11) is 0. The third kappa shape index (κ3) is 9.99. The molecule has 0 saturated heterocycles. The number of amides is 1. The highest BCUT2D eigenvalue weighted by atomic mass is 19.4. The quantitative estimate of drug-likeness (QED) is 0.155. The molecule has 3 aromatic rings. The molecule has 0 saturated carbocycles. The average molecular weight is 777 g/mol. The Kier molecular flexibility index (Phi) is 11.5. The van der Waals surface area contributed by atoms with Crippen LogP contribution in [0.3, 0.4) is 0 Å². The van der Waals surface area contributed by atoms with Crippen molar-refractivity contribution < 1.29 is 76.9 Å². The smallest absolute Gasteiger partial charge is 0.422 e. The molecule has 2 heterocycles. The van der Waals surface area contributed by atoms with Crippen LogP contribution >= 0.6 is 0 Å². The Morgan fingerprint density at radius 1 is 0.925 bits per heavy atom. The van der Waals surface area contributed by atoms with Crippen LogP contribution in [-0.2, 0) is 34.5 Å². The molecule has 1 amide bonds. The van der Waals surface area contributed by atoms with E-state index in [4.69, 9.17) is 15.6 Å². The Morgan fingerprint density at radius 2 is 1.53 bits per heavy atom. The molecule has 1 aromatic heterocycles. The first kappa shape index (κ1) is 40.9. The summed E-state index contributed by atoms with van der Waals surface area (Å²) in [5, 5.41) is 8.93. The summed E-state index contributed by atoms with van der Waals surface area (Å²) in [6.45, 7) is -0.994. The monoisotopic (exact) mass is 776 g/mol. The van der Waals surface area contributed by atoms with Gasteiger partial charge < -0.3 is 20.3 Å². The van der Waals surface area contributed by atoms with Crippen LogP contribution in [0.4, 0.5) is 63.2 Å². The number of hydrogen-bond acceptors (Lipinski definition) is 7. The van der Waals surface area contributed by atoms with E-state index < -0.39 is 108 Å². The number of carbonyl (C=O) groups is 2. The number of hydrogen-bond donors (Lipinski definition) is 2. The van der Waals surface area contributed by atoms with Crippen molar-refractivity contribution in [1.82, 2.24) is 9.97 Å². The second-order valence-corrected chi connectivity index (χ2v) is 12.0. The molecule has 53 heavy (non-hydrogen) atoms. The Bertz CT molecular complexity index is 1800. The van der Waals surface area contributed by atoms with E-state index in [1.54, 1.807) is 0 Å². The zero-order valence-corrected chi connectivity index (χ0v) is 27.1. The number of aliphatic carboxylic acids is 1. The number of nitrogens with zero attached hydrogens (tertiary/aromatic N) is 3. The van der Waals surface area contributed by atoms with Crippen LogP contribution in [0.2, 0.25) is 0 Å². The summed E-state index contributed by atoms with van der Waals surface area (Å²) < 4.78 is 172. The number of alkyl halides is 12. The number of rotatable bonds is 10. The molecule has 1 aliphatic rings. The summed E-state index contributed by atoms with van der Waals surface area (Å²) in [6, 6.07) is 2.62. The minimum absolute atomic E-state index is 0.105. The predicted octanol–water partition coefficient (Wildman–Crippen LogP) is 8.47. The Hall–Kier alpha value is -4.82. The summed E-state index contributed by atoms with van der Waals surface area (Å²) in [4.78, 5) is 33.0. The maximum atomic E-state index is 13.9. The molecule has 0 radical (unpaired) electrons. The van der Waals surface area contributed by atoms with Gasteiger partial charge in [-0.05, 0) is 66.8 Å².